The third kappa shape index (κ3) is 6.38. The SMILES string of the molecule is COc1ccc(CNC(=O)OC2(CCCCN3CCN(c4ccc5c(Cl)cccc5n4)CC3)c3ccccc3-c3ccccc32)cc1. The molecule has 1 N–H and O–H groups in total. The summed E-state index contributed by atoms with van der Waals surface area (Å²) in [5.74, 6) is 1.78. The van der Waals surface area contributed by atoms with Crippen molar-refractivity contribution in [1.29, 1.82) is 0 Å². The van der Waals surface area contributed by atoms with Gasteiger partial charge in [0, 0.05) is 54.3 Å². The zero-order valence-electron chi connectivity index (χ0n) is 26.6. The number of benzene rings is 4. The summed E-state index contributed by atoms with van der Waals surface area (Å²) < 4.78 is 11.8. The first-order valence-electron chi connectivity index (χ1n) is 16.4. The summed E-state index contributed by atoms with van der Waals surface area (Å²) >= 11 is 6.35. The van der Waals surface area contributed by atoms with Crippen molar-refractivity contribution in [2.75, 3.05) is 44.7 Å². The van der Waals surface area contributed by atoms with Gasteiger partial charge in [-0.15, -0.1) is 0 Å². The lowest BCUT2D eigenvalue weighted by Crippen LogP contribution is -2.47. The van der Waals surface area contributed by atoms with Crippen LogP contribution in [0.15, 0.2) is 103 Å². The Hall–Kier alpha value is -4.59. The Morgan fingerprint density at radius 2 is 1.53 bits per heavy atom. The number of anilines is 1. The average Bonchev–Trinajstić information content (AvgIpc) is 3.39. The van der Waals surface area contributed by atoms with E-state index in [0.29, 0.717) is 13.0 Å². The first-order valence-corrected chi connectivity index (χ1v) is 16.7. The first-order chi connectivity index (χ1) is 23.0. The minimum atomic E-state index is -0.847. The van der Waals surface area contributed by atoms with Gasteiger partial charge in [0.15, 0.2) is 5.60 Å². The van der Waals surface area contributed by atoms with Crippen molar-refractivity contribution in [1.82, 2.24) is 15.2 Å². The summed E-state index contributed by atoms with van der Waals surface area (Å²) in [6.45, 7) is 5.20. The van der Waals surface area contributed by atoms with Crippen molar-refractivity contribution in [3.63, 3.8) is 0 Å². The van der Waals surface area contributed by atoms with Crippen LogP contribution in [0, 0.1) is 0 Å². The summed E-state index contributed by atoms with van der Waals surface area (Å²) in [6, 6.07) is 34.4. The number of nitrogens with one attached hydrogen (secondary N) is 1. The molecule has 0 atom stereocenters. The number of unbranched alkanes of at least 4 members (excludes halogenated alkanes) is 1. The number of piperazine rings is 1. The summed E-state index contributed by atoms with van der Waals surface area (Å²) in [5, 5.41) is 4.72. The highest BCUT2D eigenvalue weighted by atomic mass is 35.5. The van der Waals surface area contributed by atoms with E-state index in [0.717, 1.165) is 101 Å². The molecule has 2 heterocycles. The zero-order chi connectivity index (χ0) is 32.2. The second-order valence-electron chi connectivity index (χ2n) is 12.3. The summed E-state index contributed by atoms with van der Waals surface area (Å²) in [5.41, 5.74) is 5.43. The van der Waals surface area contributed by atoms with Crippen molar-refractivity contribution in [2.45, 2.75) is 31.4 Å². The predicted octanol–water partition coefficient (Wildman–Crippen LogP) is 8.04. The number of hydrogen-bond donors (Lipinski definition) is 1. The molecular formula is C39H39ClN4O3. The maximum absolute atomic E-state index is 13.5. The summed E-state index contributed by atoms with van der Waals surface area (Å²) in [4.78, 5) is 23.2. The molecule has 0 bridgehead atoms. The highest BCUT2D eigenvalue weighted by Crippen LogP contribution is 2.52. The molecule has 1 fully saturated rings. The van der Waals surface area contributed by atoms with Crippen LogP contribution in [0.5, 0.6) is 5.75 Å². The smallest absolute Gasteiger partial charge is 0.408 e. The van der Waals surface area contributed by atoms with Gasteiger partial charge >= 0.3 is 6.09 Å². The predicted molar refractivity (Wildman–Crippen MR) is 188 cm³/mol. The molecule has 8 heteroatoms. The van der Waals surface area contributed by atoms with Gasteiger partial charge in [-0.1, -0.05) is 78.3 Å². The van der Waals surface area contributed by atoms with Crippen LogP contribution in [0.1, 0.15) is 36.0 Å². The van der Waals surface area contributed by atoms with Gasteiger partial charge < -0.3 is 19.7 Å². The fraction of sp³-hybridized carbons (Fsp3) is 0.282. The van der Waals surface area contributed by atoms with Crippen LogP contribution < -0.4 is 15.0 Å². The number of fused-ring (bicyclic) bond motifs is 4. The molecule has 4 aromatic carbocycles. The highest BCUT2D eigenvalue weighted by molar-refractivity contribution is 6.35. The number of methoxy groups -OCH3 is 1. The van der Waals surface area contributed by atoms with Crippen LogP contribution in [0.25, 0.3) is 22.0 Å². The van der Waals surface area contributed by atoms with Gasteiger partial charge in [-0.25, -0.2) is 9.78 Å². The van der Waals surface area contributed by atoms with Crippen LogP contribution in [-0.2, 0) is 16.9 Å². The molecule has 2 aliphatic rings. The monoisotopic (exact) mass is 646 g/mol. The van der Waals surface area contributed by atoms with Gasteiger partial charge in [-0.2, -0.15) is 0 Å². The molecule has 240 valence electrons. The minimum Gasteiger partial charge on any atom is -0.497 e. The average molecular weight is 647 g/mol. The number of alkyl carbamates (subject to hydrolysis) is 1. The number of nitrogens with zero attached hydrogens (tertiary/aromatic N) is 3. The molecule has 1 aliphatic carbocycles. The second kappa shape index (κ2) is 13.6. The zero-order valence-corrected chi connectivity index (χ0v) is 27.4. The van der Waals surface area contributed by atoms with E-state index < -0.39 is 11.7 Å². The largest absolute Gasteiger partial charge is 0.497 e. The molecule has 1 saturated heterocycles. The quantitative estimate of drug-likeness (QED) is 0.155. The van der Waals surface area contributed by atoms with Crippen molar-refractivity contribution in [3.05, 3.63) is 125 Å². The molecule has 47 heavy (non-hydrogen) atoms. The van der Waals surface area contributed by atoms with Gasteiger partial charge in [0.2, 0.25) is 0 Å². The molecule has 5 aromatic rings. The van der Waals surface area contributed by atoms with Crippen molar-refractivity contribution in [2.24, 2.45) is 0 Å². The topological polar surface area (TPSA) is 66.9 Å². The Balaban J connectivity index is 0.998. The van der Waals surface area contributed by atoms with Gasteiger partial charge in [0.25, 0.3) is 0 Å². The fourth-order valence-electron chi connectivity index (χ4n) is 7.02. The Morgan fingerprint density at radius 1 is 0.830 bits per heavy atom. The third-order valence-electron chi connectivity index (χ3n) is 9.49. The van der Waals surface area contributed by atoms with Crippen LogP contribution in [0.3, 0.4) is 0 Å². The third-order valence-corrected chi connectivity index (χ3v) is 9.82. The van der Waals surface area contributed by atoms with E-state index in [1.54, 1.807) is 7.11 Å². The Bertz CT molecular complexity index is 1830. The number of rotatable bonds is 10. The number of aromatic nitrogens is 1. The van der Waals surface area contributed by atoms with E-state index in [-0.39, 0.29) is 0 Å². The standard InChI is InChI=1S/C39H39ClN4O3/c1-46-29-17-15-28(16-18-29)27-41-38(45)47-39(33-11-4-2-9-30(33)31-10-3-5-12-34(31)39)21-6-7-22-43-23-25-44(26-24-43)37-20-19-32-35(40)13-8-14-36(32)42-37/h2-5,8-20H,6-7,21-27H2,1H3,(H,41,45). The lowest BCUT2D eigenvalue weighted by atomic mass is 9.86. The molecule has 1 aliphatic heterocycles. The van der Waals surface area contributed by atoms with E-state index in [1.165, 1.54) is 0 Å². The fourth-order valence-corrected chi connectivity index (χ4v) is 7.25. The molecule has 7 nitrogen and oxygen atoms in total. The second-order valence-corrected chi connectivity index (χ2v) is 12.7. The van der Waals surface area contributed by atoms with Crippen LogP contribution >= 0.6 is 11.6 Å². The molecule has 0 radical (unpaired) electrons. The van der Waals surface area contributed by atoms with E-state index in [4.69, 9.17) is 26.1 Å². The van der Waals surface area contributed by atoms with Gasteiger partial charge in [-0.3, -0.25) is 4.90 Å². The summed E-state index contributed by atoms with van der Waals surface area (Å²) in [7, 11) is 1.64. The number of amides is 1. The molecule has 0 unspecified atom stereocenters. The summed E-state index contributed by atoms with van der Waals surface area (Å²) in [6.07, 6.45) is 2.21. The number of hydrogen-bond acceptors (Lipinski definition) is 6. The number of carbonyl (C=O) groups excluding carboxylic acids is 1. The molecule has 1 aromatic heterocycles. The minimum absolute atomic E-state index is 0.372. The van der Waals surface area contributed by atoms with E-state index in [9.17, 15) is 4.79 Å². The molecule has 7 rings (SSSR count). The lowest BCUT2D eigenvalue weighted by molar-refractivity contribution is 0.0325. The van der Waals surface area contributed by atoms with E-state index in [1.807, 2.05) is 54.6 Å². The van der Waals surface area contributed by atoms with Crippen molar-refractivity contribution >= 4 is 34.4 Å². The van der Waals surface area contributed by atoms with Gasteiger partial charge in [0.05, 0.1) is 12.6 Å². The molecular weight excluding hydrogens is 608 g/mol. The van der Waals surface area contributed by atoms with E-state index >= 15 is 0 Å². The Morgan fingerprint density at radius 3 is 2.23 bits per heavy atom. The van der Waals surface area contributed by atoms with Crippen molar-refractivity contribution in [3.8, 4) is 16.9 Å². The Labute approximate surface area is 281 Å². The first kappa shape index (κ1) is 31.0. The highest BCUT2D eigenvalue weighted by Gasteiger charge is 2.46. The number of carbonyl (C=O) groups is 1. The maximum Gasteiger partial charge on any atom is 0.408 e. The number of halogens is 1. The Kier molecular flexibility index (Phi) is 9.01. The lowest BCUT2D eigenvalue weighted by Gasteiger charge is -2.36. The number of pyridine rings is 1. The molecule has 1 amide bonds. The van der Waals surface area contributed by atoms with Crippen LogP contribution in [0.2, 0.25) is 5.02 Å². The van der Waals surface area contributed by atoms with Gasteiger partial charge in [-0.05, 0) is 78.9 Å². The van der Waals surface area contributed by atoms with Gasteiger partial charge in [0.1, 0.15) is 11.6 Å². The maximum atomic E-state index is 13.5. The van der Waals surface area contributed by atoms with E-state index in [2.05, 4.69) is 63.6 Å². The van der Waals surface area contributed by atoms with Crippen molar-refractivity contribution < 1.29 is 14.3 Å². The molecule has 0 spiro atoms. The van der Waals surface area contributed by atoms with Crippen LogP contribution in [-0.4, -0.2) is 55.8 Å². The van der Waals surface area contributed by atoms with Crippen LogP contribution in [0.4, 0.5) is 10.6 Å². The molecule has 0 saturated carbocycles. The normalized spacial score (nSPS) is 15.2. The number of ether oxygens (including phenoxy) is 2.